The van der Waals surface area contributed by atoms with E-state index in [2.05, 4.69) is 68.6 Å². The first-order valence-corrected chi connectivity index (χ1v) is 7.66. The largest absolute Gasteiger partial charge is 0.302 e. The second-order valence-electron chi connectivity index (χ2n) is 6.06. The lowest BCUT2D eigenvalue weighted by Gasteiger charge is -2.31. The Labute approximate surface area is 113 Å². The first kappa shape index (κ1) is 13.3. The minimum absolute atomic E-state index is 0.123. The van der Waals surface area contributed by atoms with Crippen molar-refractivity contribution in [3.63, 3.8) is 0 Å². The number of allylic oxidation sites excluding steroid dienone is 3. The van der Waals surface area contributed by atoms with Gasteiger partial charge in [0.25, 0.3) is 0 Å². The van der Waals surface area contributed by atoms with Crippen molar-refractivity contribution in [2.24, 2.45) is 0 Å². The third kappa shape index (κ3) is 3.21. The molecule has 1 N–H and O–H groups in total. The van der Waals surface area contributed by atoms with Gasteiger partial charge in [0.15, 0.2) is 0 Å². The van der Waals surface area contributed by atoms with Crippen LogP contribution in [0.5, 0.6) is 0 Å². The van der Waals surface area contributed by atoms with Crippen LogP contribution >= 0.6 is 0 Å². The minimum atomic E-state index is 0.123. The molecule has 0 amide bonds. The van der Waals surface area contributed by atoms with E-state index in [1.54, 1.807) is 0 Å². The second-order valence-corrected chi connectivity index (χ2v) is 7.14. The summed E-state index contributed by atoms with van der Waals surface area (Å²) >= 11 is 0. The first-order chi connectivity index (χ1) is 8.47. The van der Waals surface area contributed by atoms with Crippen molar-refractivity contribution in [2.45, 2.75) is 38.8 Å². The highest BCUT2D eigenvalue weighted by Gasteiger charge is 2.23. The van der Waals surface area contributed by atoms with Crippen molar-refractivity contribution in [3.8, 4) is 0 Å². The van der Waals surface area contributed by atoms with Crippen molar-refractivity contribution in [2.75, 3.05) is 0 Å². The molecule has 1 aromatic carbocycles. The van der Waals surface area contributed by atoms with Crippen LogP contribution in [0.1, 0.15) is 38.8 Å². The minimum Gasteiger partial charge on any atom is -0.302 e. The van der Waals surface area contributed by atoms with Crippen LogP contribution in [0.2, 0.25) is 0 Å². The van der Waals surface area contributed by atoms with Crippen LogP contribution in [0.25, 0.3) is 0 Å². The molecule has 0 spiro atoms. The highest BCUT2D eigenvalue weighted by atomic mass is 28.1. The van der Waals surface area contributed by atoms with Gasteiger partial charge in [-0.15, -0.1) is 0 Å². The summed E-state index contributed by atoms with van der Waals surface area (Å²) in [6.45, 7) is 6.70. The van der Waals surface area contributed by atoms with Gasteiger partial charge in [-0.25, -0.2) is 0 Å². The smallest absolute Gasteiger partial charge is 0.0544 e. The van der Waals surface area contributed by atoms with Crippen LogP contribution in [0.15, 0.2) is 48.1 Å². The third-order valence-corrected chi connectivity index (χ3v) is 4.16. The lowest BCUT2D eigenvalue weighted by atomic mass is 9.94. The van der Waals surface area contributed by atoms with Crippen molar-refractivity contribution in [1.82, 2.24) is 5.32 Å². The molecule has 96 valence electrons. The zero-order valence-electron chi connectivity index (χ0n) is 11.8. The van der Waals surface area contributed by atoms with Crippen LogP contribution in [-0.2, 0) is 0 Å². The molecule has 1 aromatic rings. The van der Waals surface area contributed by atoms with E-state index in [1.807, 2.05) is 0 Å². The molecule has 18 heavy (non-hydrogen) atoms. The summed E-state index contributed by atoms with van der Waals surface area (Å²) in [6, 6.07) is 9.17. The van der Waals surface area contributed by atoms with Crippen molar-refractivity contribution >= 4 is 15.4 Å². The number of hydrogen-bond donors (Lipinski definition) is 1. The van der Waals surface area contributed by atoms with Crippen LogP contribution in [0.3, 0.4) is 0 Å². The van der Waals surface area contributed by atoms with Crippen LogP contribution in [0, 0.1) is 0 Å². The molecular weight excluding hydrogens is 234 g/mol. The van der Waals surface area contributed by atoms with Gasteiger partial charge in [-0.2, -0.15) is 0 Å². The molecule has 0 heterocycles. The van der Waals surface area contributed by atoms with Gasteiger partial charge in [0.1, 0.15) is 0 Å². The molecule has 1 aliphatic carbocycles. The van der Waals surface area contributed by atoms with E-state index in [9.17, 15) is 0 Å². The Morgan fingerprint density at radius 2 is 1.94 bits per heavy atom. The number of benzene rings is 1. The summed E-state index contributed by atoms with van der Waals surface area (Å²) in [7, 11) is 1.10. The average Bonchev–Trinajstić information content (AvgIpc) is 2.79. The highest BCUT2D eigenvalue weighted by molar-refractivity contribution is 6.33. The summed E-state index contributed by atoms with van der Waals surface area (Å²) in [6.07, 6.45) is 7.74. The first-order valence-electron chi connectivity index (χ1n) is 6.66. The maximum Gasteiger partial charge on any atom is 0.0544 e. The molecule has 0 saturated heterocycles. The molecule has 1 nitrogen and oxygen atoms in total. The van der Waals surface area contributed by atoms with Gasteiger partial charge in [0.05, 0.1) is 6.04 Å². The lowest BCUT2D eigenvalue weighted by molar-refractivity contribution is 0.387. The fraction of sp³-hybridized carbons (Fsp3) is 0.375. The second kappa shape index (κ2) is 5.25. The zero-order valence-corrected chi connectivity index (χ0v) is 13.8. The molecular formula is C16H23NSi. The van der Waals surface area contributed by atoms with E-state index in [1.165, 1.54) is 16.3 Å². The zero-order chi connectivity index (χ0) is 13.2. The Bertz CT molecular complexity index is 480. The Hall–Kier alpha value is -1.12. The molecule has 2 heteroatoms. The van der Waals surface area contributed by atoms with Gasteiger partial charge >= 0.3 is 0 Å². The maximum absolute atomic E-state index is 3.77. The van der Waals surface area contributed by atoms with Gasteiger partial charge in [-0.1, -0.05) is 47.7 Å². The fourth-order valence-electron chi connectivity index (χ4n) is 2.39. The molecule has 0 radical (unpaired) electrons. The number of nitrogens with one attached hydrogen (secondary N) is 1. The molecule has 0 aromatic heterocycles. The van der Waals surface area contributed by atoms with Gasteiger partial charge in [-0.05, 0) is 38.3 Å². The van der Waals surface area contributed by atoms with Gasteiger partial charge in [-0.3, -0.25) is 0 Å². The summed E-state index contributed by atoms with van der Waals surface area (Å²) in [5.74, 6) is 0. The SMILES string of the molecule is CC(C)(C)NC(C1=CC=CC1)c1ccccc1[SiH3]. The van der Waals surface area contributed by atoms with E-state index >= 15 is 0 Å². The predicted molar refractivity (Wildman–Crippen MR) is 83.5 cm³/mol. The van der Waals surface area contributed by atoms with Gasteiger partial charge < -0.3 is 5.32 Å². The standard InChI is InChI=1S/C16H23NSi/c1-16(2,3)17-15(12-8-4-5-9-12)13-10-6-7-11-14(13)18/h4-8,10-11,15,17H,9H2,1-3,18H3. The number of rotatable bonds is 3. The lowest BCUT2D eigenvalue weighted by Crippen LogP contribution is -2.41. The van der Waals surface area contributed by atoms with E-state index in [4.69, 9.17) is 0 Å². The molecule has 0 fully saturated rings. The fourth-order valence-corrected chi connectivity index (χ4v) is 3.04. The summed E-state index contributed by atoms with van der Waals surface area (Å²) in [5.41, 5.74) is 3.06. The highest BCUT2D eigenvalue weighted by Crippen LogP contribution is 2.28. The molecule has 1 atom stereocenters. The molecule has 1 unspecified atom stereocenters. The van der Waals surface area contributed by atoms with Crippen LogP contribution in [0.4, 0.5) is 0 Å². The van der Waals surface area contributed by atoms with Crippen molar-refractivity contribution in [3.05, 3.63) is 53.6 Å². The Morgan fingerprint density at radius 1 is 1.22 bits per heavy atom. The van der Waals surface area contributed by atoms with Crippen LogP contribution in [-0.4, -0.2) is 15.8 Å². The normalized spacial score (nSPS) is 16.9. The predicted octanol–water partition coefficient (Wildman–Crippen LogP) is 1.99. The summed E-state index contributed by atoms with van der Waals surface area (Å²) < 4.78 is 0. The molecule has 0 bridgehead atoms. The third-order valence-electron chi connectivity index (χ3n) is 3.25. The van der Waals surface area contributed by atoms with E-state index in [-0.39, 0.29) is 5.54 Å². The maximum atomic E-state index is 3.77. The van der Waals surface area contributed by atoms with Crippen LogP contribution < -0.4 is 10.5 Å². The summed E-state index contributed by atoms with van der Waals surface area (Å²) in [4.78, 5) is 0. The van der Waals surface area contributed by atoms with Crippen molar-refractivity contribution in [1.29, 1.82) is 0 Å². The Balaban J connectivity index is 2.33. The number of hydrogen-bond acceptors (Lipinski definition) is 1. The van der Waals surface area contributed by atoms with Gasteiger partial charge in [0, 0.05) is 15.8 Å². The monoisotopic (exact) mass is 257 g/mol. The topological polar surface area (TPSA) is 12.0 Å². The van der Waals surface area contributed by atoms with E-state index < -0.39 is 0 Å². The Kier molecular flexibility index (Phi) is 3.88. The average molecular weight is 257 g/mol. The van der Waals surface area contributed by atoms with E-state index in [0.717, 1.165) is 16.7 Å². The molecule has 0 aliphatic heterocycles. The molecule has 0 saturated carbocycles. The van der Waals surface area contributed by atoms with Gasteiger partial charge in [0.2, 0.25) is 0 Å². The molecule has 1 aliphatic rings. The quantitative estimate of drug-likeness (QED) is 0.817. The van der Waals surface area contributed by atoms with E-state index in [0.29, 0.717) is 6.04 Å². The van der Waals surface area contributed by atoms with Crippen molar-refractivity contribution < 1.29 is 0 Å². The Morgan fingerprint density at radius 3 is 2.50 bits per heavy atom. The molecule has 2 rings (SSSR count). The summed E-state index contributed by atoms with van der Waals surface area (Å²) in [5, 5.41) is 5.26.